The lowest BCUT2D eigenvalue weighted by Crippen LogP contribution is -2.31. The predicted octanol–water partition coefficient (Wildman–Crippen LogP) is 2.20. The minimum absolute atomic E-state index is 0.0183. The number of carbonyl (C=O) groups is 2. The van der Waals surface area contributed by atoms with Gasteiger partial charge in [-0.2, -0.15) is 0 Å². The van der Waals surface area contributed by atoms with E-state index in [0.29, 0.717) is 5.56 Å². The van der Waals surface area contributed by atoms with E-state index in [4.69, 9.17) is 0 Å². The summed E-state index contributed by atoms with van der Waals surface area (Å²) in [7, 11) is 3.46. The molecule has 5 heteroatoms. The molecule has 0 bridgehead atoms. The highest BCUT2D eigenvalue weighted by atomic mass is 16.2. The Morgan fingerprint density at radius 2 is 1.64 bits per heavy atom. The molecular formula is C17H25N3O2. The van der Waals surface area contributed by atoms with Crippen LogP contribution in [0.25, 0.3) is 0 Å². The van der Waals surface area contributed by atoms with Gasteiger partial charge in [0.25, 0.3) is 5.91 Å². The van der Waals surface area contributed by atoms with Crippen molar-refractivity contribution in [3.05, 3.63) is 29.8 Å². The van der Waals surface area contributed by atoms with Crippen LogP contribution in [0.5, 0.6) is 0 Å². The van der Waals surface area contributed by atoms with Crippen LogP contribution >= 0.6 is 0 Å². The van der Waals surface area contributed by atoms with E-state index in [0.717, 1.165) is 31.6 Å². The summed E-state index contributed by atoms with van der Waals surface area (Å²) in [5.74, 6) is 0.127. The van der Waals surface area contributed by atoms with Gasteiger partial charge in [0.2, 0.25) is 5.91 Å². The number of hydrogen-bond donors (Lipinski definition) is 1. The number of rotatable bonds is 4. The Morgan fingerprint density at radius 1 is 1.05 bits per heavy atom. The summed E-state index contributed by atoms with van der Waals surface area (Å²) in [5, 5.41) is 3.07. The summed E-state index contributed by atoms with van der Waals surface area (Å²) in [6.45, 7) is 1.97. The molecule has 0 spiro atoms. The van der Waals surface area contributed by atoms with Gasteiger partial charge < -0.3 is 15.1 Å². The van der Waals surface area contributed by atoms with Gasteiger partial charge in [-0.25, -0.2) is 0 Å². The molecule has 0 unspecified atom stereocenters. The van der Waals surface area contributed by atoms with Crippen LogP contribution in [0.4, 0.5) is 5.69 Å². The van der Waals surface area contributed by atoms with Gasteiger partial charge in [0.15, 0.2) is 0 Å². The maximum atomic E-state index is 12.5. The van der Waals surface area contributed by atoms with Crippen LogP contribution in [-0.4, -0.2) is 55.3 Å². The second-order valence-electron chi connectivity index (χ2n) is 5.93. The van der Waals surface area contributed by atoms with Gasteiger partial charge in [-0.1, -0.05) is 12.8 Å². The number of nitrogens with one attached hydrogen (secondary N) is 1. The fraction of sp³-hybridized carbons (Fsp3) is 0.529. The number of likely N-dealkylation sites (N-methyl/N-ethyl adjacent to an activating group) is 1. The van der Waals surface area contributed by atoms with Crippen molar-refractivity contribution in [2.45, 2.75) is 25.7 Å². The molecule has 1 N–H and O–H groups in total. The Labute approximate surface area is 132 Å². The first-order chi connectivity index (χ1) is 10.6. The third-order valence-electron chi connectivity index (χ3n) is 3.97. The van der Waals surface area contributed by atoms with Crippen molar-refractivity contribution in [2.24, 2.45) is 0 Å². The molecule has 1 aliphatic heterocycles. The van der Waals surface area contributed by atoms with E-state index in [1.54, 1.807) is 19.0 Å². The lowest BCUT2D eigenvalue weighted by molar-refractivity contribution is -0.126. The molecule has 0 radical (unpaired) electrons. The van der Waals surface area contributed by atoms with Gasteiger partial charge in [0.05, 0.1) is 6.54 Å². The Kier molecular flexibility index (Phi) is 5.81. The van der Waals surface area contributed by atoms with Crippen molar-refractivity contribution in [2.75, 3.05) is 39.0 Å². The maximum Gasteiger partial charge on any atom is 0.253 e. The van der Waals surface area contributed by atoms with Crippen molar-refractivity contribution >= 4 is 17.5 Å². The highest BCUT2D eigenvalue weighted by Gasteiger charge is 2.17. The topological polar surface area (TPSA) is 52.7 Å². The SMILES string of the molecule is CN(C)C(=O)CNc1ccc(C(=O)N2CCCCCC2)cc1. The zero-order chi connectivity index (χ0) is 15.9. The van der Waals surface area contributed by atoms with Crippen LogP contribution in [0, 0.1) is 0 Å². The van der Waals surface area contributed by atoms with E-state index < -0.39 is 0 Å². The predicted molar refractivity (Wildman–Crippen MR) is 88.0 cm³/mol. The minimum Gasteiger partial charge on any atom is -0.376 e. The zero-order valence-electron chi connectivity index (χ0n) is 13.5. The summed E-state index contributed by atoms with van der Waals surface area (Å²) in [4.78, 5) is 27.5. The molecule has 1 aliphatic rings. The first-order valence-electron chi connectivity index (χ1n) is 7.91. The number of hydrogen-bond acceptors (Lipinski definition) is 3. The second-order valence-corrected chi connectivity index (χ2v) is 5.93. The molecule has 1 aromatic carbocycles. The van der Waals surface area contributed by atoms with E-state index in [-0.39, 0.29) is 18.4 Å². The minimum atomic E-state index is 0.0183. The van der Waals surface area contributed by atoms with E-state index in [9.17, 15) is 9.59 Å². The Morgan fingerprint density at radius 3 is 2.18 bits per heavy atom. The lowest BCUT2D eigenvalue weighted by atomic mass is 10.1. The van der Waals surface area contributed by atoms with Crippen molar-refractivity contribution in [1.29, 1.82) is 0 Å². The van der Waals surface area contributed by atoms with Crippen LogP contribution < -0.4 is 5.32 Å². The van der Waals surface area contributed by atoms with Crippen LogP contribution in [-0.2, 0) is 4.79 Å². The van der Waals surface area contributed by atoms with E-state index in [1.807, 2.05) is 29.2 Å². The highest BCUT2D eigenvalue weighted by molar-refractivity contribution is 5.94. The standard InChI is InChI=1S/C17H25N3O2/c1-19(2)16(21)13-18-15-9-7-14(8-10-15)17(22)20-11-5-3-4-6-12-20/h7-10,18H,3-6,11-13H2,1-2H3. The lowest BCUT2D eigenvalue weighted by Gasteiger charge is -2.20. The molecule has 22 heavy (non-hydrogen) atoms. The van der Waals surface area contributed by atoms with Crippen molar-refractivity contribution in [1.82, 2.24) is 9.80 Å². The quantitative estimate of drug-likeness (QED) is 0.928. The number of anilines is 1. The average molecular weight is 303 g/mol. The molecule has 0 saturated carbocycles. The molecule has 120 valence electrons. The van der Waals surface area contributed by atoms with Gasteiger partial charge in [-0.05, 0) is 37.1 Å². The number of benzene rings is 1. The van der Waals surface area contributed by atoms with Crippen LogP contribution in [0.1, 0.15) is 36.0 Å². The molecule has 1 heterocycles. The molecule has 5 nitrogen and oxygen atoms in total. The van der Waals surface area contributed by atoms with Gasteiger partial charge in [0.1, 0.15) is 0 Å². The van der Waals surface area contributed by atoms with Gasteiger partial charge >= 0.3 is 0 Å². The van der Waals surface area contributed by atoms with Crippen LogP contribution in [0.15, 0.2) is 24.3 Å². The molecular weight excluding hydrogens is 278 g/mol. The third kappa shape index (κ3) is 4.48. The molecule has 1 aromatic rings. The summed E-state index contributed by atoms with van der Waals surface area (Å²) < 4.78 is 0. The normalized spacial score (nSPS) is 15.1. The van der Waals surface area contributed by atoms with Gasteiger partial charge in [0, 0.05) is 38.4 Å². The summed E-state index contributed by atoms with van der Waals surface area (Å²) >= 11 is 0. The molecule has 2 amide bonds. The first kappa shape index (κ1) is 16.3. The van der Waals surface area contributed by atoms with E-state index in [1.165, 1.54) is 12.8 Å². The van der Waals surface area contributed by atoms with E-state index >= 15 is 0 Å². The number of likely N-dealkylation sites (tertiary alicyclic amines) is 1. The Hall–Kier alpha value is -2.04. The smallest absolute Gasteiger partial charge is 0.253 e. The third-order valence-corrected chi connectivity index (χ3v) is 3.97. The molecule has 0 aromatic heterocycles. The summed E-state index contributed by atoms with van der Waals surface area (Å²) in [6.07, 6.45) is 4.62. The van der Waals surface area contributed by atoms with Crippen LogP contribution in [0.3, 0.4) is 0 Å². The Balaban J connectivity index is 1.93. The van der Waals surface area contributed by atoms with Crippen molar-refractivity contribution in [3.63, 3.8) is 0 Å². The number of nitrogens with zero attached hydrogens (tertiary/aromatic N) is 2. The molecule has 0 atom stereocenters. The van der Waals surface area contributed by atoms with Crippen molar-refractivity contribution < 1.29 is 9.59 Å². The molecule has 1 saturated heterocycles. The molecule has 1 fully saturated rings. The van der Waals surface area contributed by atoms with E-state index in [2.05, 4.69) is 5.32 Å². The molecule has 0 aliphatic carbocycles. The summed E-state index contributed by atoms with van der Waals surface area (Å²) in [6, 6.07) is 7.37. The maximum absolute atomic E-state index is 12.5. The average Bonchev–Trinajstić information content (AvgIpc) is 2.81. The Bertz CT molecular complexity index is 503. The van der Waals surface area contributed by atoms with Gasteiger partial charge in [-0.3, -0.25) is 9.59 Å². The fourth-order valence-corrected chi connectivity index (χ4v) is 2.52. The largest absolute Gasteiger partial charge is 0.376 e. The number of amides is 2. The van der Waals surface area contributed by atoms with Crippen LogP contribution in [0.2, 0.25) is 0 Å². The fourth-order valence-electron chi connectivity index (χ4n) is 2.52. The monoisotopic (exact) mass is 303 g/mol. The summed E-state index contributed by atoms with van der Waals surface area (Å²) in [5.41, 5.74) is 1.56. The van der Waals surface area contributed by atoms with Gasteiger partial charge in [-0.15, -0.1) is 0 Å². The zero-order valence-corrected chi connectivity index (χ0v) is 13.5. The van der Waals surface area contributed by atoms with Crippen molar-refractivity contribution in [3.8, 4) is 0 Å². The highest BCUT2D eigenvalue weighted by Crippen LogP contribution is 2.15. The first-order valence-corrected chi connectivity index (χ1v) is 7.91. The number of carbonyl (C=O) groups excluding carboxylic acids is 2. The molecule has 2 rings (SSSR count). The second kappa shape index (κ2) is 7.82.